The van der Waals surface area contributed by atoms with E-state index in [9.17, 15) is 47.1 Å². The maximum atomic E-state index is 14.0. The van der Waals surface area contributed by atoms with Crippen LogP contribution in [0.5, 0.6) is 11.5 Å². The third-order valence-corrected chi connectivity index (χ3v) is 15.2. The van der Waals surface area contributed by atoms with Crippen LogP contribution in [-0.2, 0) is 75.1 Å². The van der Waals surface area contributed by atoms with Crippen molar-refractivity contribution >= 4 is 56.2 Å². The molecular weight excluding hydrogens is 1050 g/mol. The van der Waals surface area contributed by atoms with Crippen LogP contribution in [0.3, 0.4) is 0 Å². The van der Waals surface area contributed by atoms with E-state index in [1.807, 2.05) is 0 Å². The molecule has 0 aliphatic carbocycles. The number of aromatic nitrogens is 4. The van der Waals surface area contributed by atoms with Crippen LogP contribution < -0.4 is 41.6 Å². The summed E-state index contributed by atoms with van der Waals surface area (Å²) in [5.41, 5.74) is 1.56. The van der Waals surface area contributed by atoms with E-state index in [1.54, 1.807) is 55.5 Å². The quantitative estimate of drug-likeness (QED) is 0.0238. The van der Waals surface area contributed by atoms with Gasteiger partial charge in [-0.05, 0) is 55.6 Å². The smallest absolute Gasteiger partial charge is 0.343 e. The second kappa shape index (κ2) is 24.8. The third kappa shape index (κ3) is 13.2. The van der Waals surface area contributed by atoms with Crippen LogP contribution in [0.1, 0.15) is 72.4 Å². The second-order valence-electron chi connectivity index (χ2n) is 19.8. The van der Waals surface area contributed by atoms with Gasteiger partial charge in [-0.25, -0.2) is 28.2 Å². The minimum atomic E-state index is -3.46. The number of nitrogens with zero attached hydrogens (tertiary/aromatic N) is 6. The number of unbranched alkanes of at least 4 members (excludes halogenated alkanes) is 1. The molecular formula is C55H61N11O13S. The Hall–Kier alpha value is -8.31. The molecule has 6 N–H and O–H groups in total. The molecule has 2 aromatic carbocycles. The number of aliphatic hydroxyl groups is 1. The van der Waals surface area contributed by atoms with Crippen molar-refractivity contribution in [2.75, 3.05) is 72.0 Å². The van der Waals surface area contributed by atoms with Crippen molar-refractivity contribution in [1.29, 1.82) is 0 Å². The lowest BCUT2D eigenvalue weighted by Crippen LogP contribution is -2.52. The number of piperazine rings is 1. The molecule has 5 amide bonds. The summed E-state index contributed by atoms with van der Waals surface area (Å²) in [4.78, 5) is 110. The first-order valence-corrected chi connectivity index (χ1v) is 28.2. The topological polar surface area (TPSA) is 312 Å². The number of hydrogen-bond donors (Lipinski definition) is 6. The summed E-state index contributed by atoms with van der Waals surface area (Å²) >= 11 is 0. The van der Waals surface area contributed by atoms with Gasteiger partial charge in [0.15, 0.2) is 17.1 Å². The molecule has 0 bridgehead atoms. The first-order chi connectivity index (χ1) is 38.5. The van der Waals surface area contributed by atoms with Crippen molar-refractivity contribution in [1.82, 2.24) is 55.9 Å². The van der Waals surface area contributed by atoms with Crippen LogP contribution in [0.25, 0.3) is 22.3 Å². The van der Waals surface area contributed by atoms with Gasteiger partial charge in [0.1, 0.15) is 12.6 Å². The van der Waals surface area contributed by atoms with Crippen LogP contribution in [0, 0.1) is 11.8 Å². The maximum Gasteiger partial charge on any atom is 0.343 e. The molecule has 80 heavy (non-hydrogen) atoms. The Morgan fingerprint density at radius 1 is 0.812 bits per heavy atom. The summed E-state index contributed by atoms with van der Waals surface area (Å²) in [6.07, 6.45) is 6.24. The highest BCUT2D eigenvalue weighted by Crippen LogP contribution is 2.43. The number of fused-ring (bicyclic) bond motifs is 6. The van der Waals surface area contributed by atoms with Gasteiger partial charge >= 0.3 is 5.97 Å². The predicted octanol–water partition coefficient (Wildman–Crippen LogP) is -0.0762. The van der Waals surface area contributed by atoms with E-state index < -0.39 is 69.7 Å². The number of carbonyl (C=O) groups is 6. The Morgan fingerprint density at radius 2 is 1.48 bits per heavy atom. The Morgan fingerprint density at radius 3 is 2.19 bits per heavy atom. The average molecular weight is 1120 g/mol. The van der Waals surface area contributed by atoms with Crippen molar-refractivity contribution < 1.29 is 56.5 Å². The number of hydrogen-bond acceptors (Lipinski definition) is 18. The molecule has 0 unspecified atom stereocenters. The van der Waals surface area contributed by atoms with Gasteiger partial charge in [0, 0.05) is 93.2 Å². The summed E-state index contributed by atoms with van der Waals surface area (Å²) in [7, 11) is -3.46. The molecule has 0 radical (unpaired) electrons. The predicted molar refractivity (Wildman–Crippen MR) is 287 cm³/mol. The molecule has 4 aliphatic heterocycles. The van der Waals surface area contributed by atoms with E-state index >= 15 is 0 Å². The Labute approximate surface area is 460 Å². The highest BCUT2D eigenvalue weighted by molar-refractivity contribution is 7.90. The SMILES string of the molecule is CC[C@@]1(O)C(=O)OCc2c1cc1n(c2=O)Cc2c-1nc1cc3c(cc1c2CNC(=O)CNC(=O)[C@H](Cc1ccccc1)NC(=O)CNC(=O)CNC(=O)CCCN1CCN(CCCC#Cc2cnc(S(C)(=O)=O)nc2)CC1)OCO3. The highest BCUT2D eigenvalue weighted by atomic mass is 32.2. The molecule has 420 valence electrons. The summed E-state index contributed by atoms with van der Waals surface area (Å²) in [5, 5.41) is 25.0. The summed E-state index contributed by atoms with van der Waals surface area (Å²) in [6, 6.07) is 12.8. The zero-order chi connectivity index (χ0) is 56.6. The van der Waals surface area contributed by atoms with Crippen LogP contribution in [0.2, 0.25) is 0 Å². The van der Waals surface area contributed by atoms with Crippen molar-refractivity contribution in [3.63, 3.8) is 0 Å². The lowest BCUT2D eigenvalue weighted by atomic mass is 9.86. The van der Waals surface area contributed by atoms with Gasteiger partial charge in [0.25, 0.3) is 5.56 Å². The van der Waals surface area contributed by atoms with Crippen LogP contribution in [0.4, 0.5) is 0 Å². The first kappa shape index (κ1) is 56.4. The molecule has 24 nitrogen and oxygen atoms in total. The Balaban J connectivity index is 0.719. The van der Waals surface area contributed by atoms with Gasteiger partial charge in [-0.3, -0.25) is 28.8 Å². The minimum Gasteiger partial charge on any atom is -0.458 e. The van der Waals surface area contributed by atoms with E-state index in [-0.39, 0.29) is 74.5 Å². The molecule has 3 aromatic heterocycles. The molecule has 25 heteroatoms. The van der Waals surface area contributed by atoms with Gasteiger partial charge in [0.05, 0.1) is 54.2 Å². The number of nitrogens with one attached hydrogen (secondary N) is 5. The number of carbonyl (C=O) groups excluding carboxylic acids is 6. The number of cyclic esters (lactones) is 1. The van der Waals surface area contributed by atoms with Gasteiger partial charge in [0.2, 0.25) is 51.3 Å². The maximum absolute atomic E-state index is 14.0. The van der Waals surface area contributed by atoms with Crippen molar-refractivity contribution in [2.45, 2.75) is 81.9 Å². The van der Waals surface area contributed by atoms with Crippen molar-refractivity contribution in [2.24, 2.45) is 0 Å². The fourth-order valence-corrected chi connectivity index (χ4v) is 10.4. The molecule has 9 rings (SSSR count). The largest absolute Gasteiger partial charge is 0.458 e. The van der Waals surface area contributed by atoms with Crippen LogP contribution in [0.15, 0.2) is 70.9 Å². The van der Waals surface area contributed by atoms with Gasteiger partial charge in [-0.2, -0.15) is 0 Å². The molecule has 5 aromatic rings. The van der Waals surface area contributed by atoms with E-state index in [0.29, 0.717) is 63.3 Å². The molecule has 0 spiro atoms. The van der Waals surface area contributed by atoms with Gasteiger partial charge in [-0.1, -0.05) is 49.1 Å². The molecule has 2 atom stereocenters. The second-order valence-corrected chi connectivity index (χ2v) is 21.7. The van der Waals surface area contributed by atoms with Gasteiger partial charge < -0.3 is 60.3 Å². The number of sulfone groups is 1. The normalized spacial score (nSPS) is 16.7. The van der Waals surface area contributed by atoms with E-state index in [0.717, 1.165) is 57.5 Å². The van der Waals surface area contributed by atoms with Gasteiger partial charge in [-0.15, -0.1) is 0 Å². The summed E-state index contributed by atoms with van der Waals surface area (Å²) < 4.78 is 41.1. The number of ether oxygens (including phenoxy) is 3. The lowest BCUT2D eigenvalue weighted by molar-refractivity contribution is -0.172. The molecule has 1 fully saturated rings. The monoisotopic (exact) mass is 1120 g/mol. The fourth-order valence-electron chi connectivity index (χ4n) is 9.93. The molecule has 0 saturated carbocycles. The number of rotatable bonds is 21. The van der Waals surface area contributed by atoms with E-state index in [2.05, 4.69) is 58.2 Å². The Kier molecular flexibility index (Phi) is 17.5. The van der Waals surface area contributed by atoms with Crippen LogP contribution in [-0.4, -0.2) is 156 Å². The highest BCUT2D eigenvalue weighted by Gasteiger charge is 2.45. The molecule has 1 saturated heterocycles. The van der Waals surface area contributed by atoms with Crippen molar-refractivity contribution in [3.05, 3.63) is 105 Å². The third-order valence-electron chi connectivity index (χ3n) is 14.3. The fraction of sp³-hybridized carbons (Fsp3) is 0.418. The Bertz CT molecular complexity index is 3470. The standard InChI is InChI=1S/C55H61N11O13S/c1-3-55(74)40-23-43-50-38(31-66(43)52(72)39(40)32-77-53(55)73)37(36-22-44-45(79-33-78-44)24-41(36)63-50)27-56-48(69)29-59-51(71)42(21-34-11-6-4-7-12-34)62-49(70)30-58-47(68)28-57-46(67)14-10-16-65-19-17-64(18-20-65)15-9-5-8-13-35-25-60-54(61-26-35)80(2,75)76/h4,6-7,11-12,22-26,42,74H,3,5,9-10,14-21,27-33H2,1-2H3,(H,56,69)(H,57,67)(H,58,68)(H,59,71)(H,62,70)/t42-,55-/m0/s1. The number of benzene rings is 2. The van der Waals surface area contributed by atoms with Crippen molar-refractivity contribution in [3.8, 4) is 34.7 Å². The zero-order valence-corrected chi connectivity index (χ0v) is 45.0. The zero-order valence-electron chi connectivity index (χ0n) is 44.2. The van der Waals surface area contributed by atoms with Crippen LogP contribution >= 0.6 is 0 Å². The number of amides is 5. The van der Waals surface area contributed by atoms with E-state index in [1.165, 1.54) is 17.0 Å². The number of esters is 1. The summed E-state index contributed by atoms with van der Waals surface area (Å²) in [5.74, 6) is 3.29. The molecule has 7 heterocycles. The first-order valence-electron chi connectivity index (χ1n) is 26.3. The average Bonchev–Trinajstić information content (AvgIpc) is 4.26. The van der Waals surface area contributed by atoms with E-state index in [4.69, 9.17) is 19.2 Å². The minimum absolute atomic E-state index is 0.00674. The lowest BCUT2D eigenvalue weighted by Gasteiger charge is -2.34. The summed E-state index contributed by atoms with van der Waals surface area (Å²) in [6.45, 7) is 5.06. The molecule has 4 aliphatic rings. The number of pyridine rings is 2.